The van der Waals surface area contributed by atoms with Crippen LogP contribution >= 0.6 is 22.9 Å². The van der Waals surface area contributed by atoms with Gasteiger partial charge in [-0.15, -0.1) is 11.3 Å². The fraction of sp³-hybridized carbons (Fsp3) is 0.438. The number of sulfonamides is 1. The number of aryl methyl sites for hydroxylation is 2. The van der Waals surface area contributed by atoms with Crippen LogP contribution in [-0.4, -0.2) is 30.8 Å². The lowest BCUT2D eigenvalue weighted by atomic mass is 9.99. The molecule has 0 amide bonds. The quantitative estimate of drug-likeness (QED) is 0.821. The molecule has 1 aromatic carbocycles. The highest BCUT2D eigenvalue weighted by molar-refractivity contribution is 7.89. The van der Waals surface area contributed by atoms with Gasteiger partial charge in [0.05, 0.1) is 10.0 Å². The van der Waals surface area contributed by atoms with Crippen LogP contribution in [0.4, 0.5) is 0 Å². The van der Waals surface area contributed by atoms with Crippen LogP contribution in [0.15, 0.2) is 29.3 Å². The Bertz CT molecular complexity index is 789. The van der Waals surface area contributed by atoms with Gasteiger partial charge in [-0.1, -0.05) is 23.7 Å². The third-order valence-corrected chi connectivity index (χ3v) is 7.81. The van der Waals surface area contributed by atoms with Gasteiger partial charge in [-0.3, -0.25) is 0 Å². The van der Waals surface area contributed by atoms with Crippen molar-refractivity contribution >= 4 is 33.0 Å². The molecule has 1 aliphatic heterocycles. The van der Waals surface area contributed by atoms with Crippen LogP contribution < -0.4 is 0 Å². The second-order valence-electron chi connectivity index (χ2n) is 5.87. The van der Waals surface area contributed by atoms with Gasteiger partial charge in [0.15, 0.2) is 0 Å². The molecule has 0 bridgehead atoms. The highest BCUT2D eigenvalue weighted by Gasteiger charge is 2.32. The van der Waals surface area contributed by atoms with Crippen molar-refractivity contribution in [1.29, 1.82) is 0 Å². The molecular weight excluding hydrogens is 352 g/mol. The summed E-state index contributed by atoms with van der Waals surface area (Å²) in [7, 11) is -3.54. The molecule has 2 heterocycles. The lowest BCUT2D eigenvalue weighted by Crippen LogP contribution is -2.38. The van der Waals surface area contributed by atoms with Crippen LogP contribution in [0.2, 0.25) is 5.02 Å². The van der Waals surface area contributed by atoms with Gasteiger partial charge in [0.2, 0.25) is 10.0 Å². The molecule has 0 saturated carbocycles. The van der Waals surface area contributed by atoms with E-state index in [0.717, 1.165) is 17.8 Å². The van der Waals surface area contributed by atoms with Gasteiger partial charge >= 0.3 is 0 Å². The molecule has 23 heavy (non-hydrogen) atoms. The lowest BCUT2D eigenvalue weighted by molar-refractivity contribution is 0.319. The van der Waals surface area contributed by atoms with Crippen molar-refractivity contribution in [2.45, 2.75) is 37.5 Å². The summed E-state index contributed by atoms with van der Waals surface area (Å²) in [6.45, 7) is 4.84. The van der Waals surface area contributed by atoms with Gasteiger partial charge in [-0.05, 0) is 38.3 Å². The van der Waals surface area contributed by atoms with Crippen molar-refractivity contribution in [2.75, 3.05) is 13.1 Å². The number of rotatable bonds is 3. The van der Waals surface area contributed by atoms with Crippen molar-refractivity contribution in [2.24, 2.45) is 0 Å². The number of benzene rings is 1. The number of hydrogen-bond acceptors (Lipinski definition) is 4. The number of thiazole rings is 1. The first kappa shape index (κ1) is 16.9. The largest absolute Gasteiger partial charge is 0.249 e. The molecule has 0 unspecified atom stereocenters. The number of piperidine rings is 1. The molecular formula is C16H19ClN2O2S2. The summed E-state index contributed by atoms with van der Waals surface area (Å²) in [5, 5.41) is 1.41. The summed E-state index contributed by atoms with van der Waals surface area (Å²) in [5.74, 6) is 0.354. The molecule has 124 valence electrons. The maximum Gasteiger partial charge on any atom is 0.244 e. The van der Waals surface area contributed by atoms with Gasteiger partial charge in [-0.2, -0.15) is 4.31 Å². The summed E-state index contributed by atoms with van der Waals surface area (Å²) < 4.78 is 27.4. The monoisotopic (exact) mass is 370 g/mol. The Labute approximate surface area is 146 Å². The second-order valence-corrected chi connectivity index (χ2v) is 9.42. The molecule has 4 nitrogen and oxygen atoms in total. The second kappa shape index (κ2) is 6.51. The van der Waals surface area contributed by atoms with Crippen molar-refractivity contribution < 1.29 is 8.42 Å². The van der Waals surface area contributed by atoms with Crippen LogP contribution in [0.3, 0.4) is 0 Å². The molecule has 7 heteroatoms. The fourth-order valence-electron chi connectivity index (χ4n) is 2.98. The van der Waals surface area contributed by atoms with Crippen molar-refractivity contribution in [3.8, 4) is 0 Å². The third-order valence-electron chi connectivity index (χ3n) is 4.20. The van der Waals surface area contributed by atoms with E-state index in [2.05, 4.69) is 4.98 Å². The number of aromatic nitrogens is 1. The molecule has 0 spiro atoms. The first-order valence-electron chi connectivity index (χ1n) is 7.57. The molecule has 3 rings (SSSR count). The number of hydrogen-bond donors (Lipinski definition) is 0. The highest BCUT2D eigenvalue weighted by Crippen LogP contribution is 2.34. The maximum atomic E-state index is 12.9. The van der Waals surface area contributed by atoms with Crippen LogP contribution in [0, 0.1) is 13.8 Å². The van der Waals surface area contributed by atoms with Crippen molar-refractivity contribution in [3.05, 3.63) is 44.9 Å². The van der Waals surface area contributed by atoms with Crippen LogP contribution in [0.25, 0.3) is 0 Å². The third kappa shape index (κ3) is 3.31. The Morgan fingerprint density at radius 3 is 2.52 bits per heavy atom. The number of nitrogens with zero attached hydrogens (tertiary/aromatic N) is 2. The van der Waals surface area contributed by atoms with E-state index in [-0.39, 0.29) is 4.90 Å². The smallest absolute Gasteiger partial charge is 0.244 e. The van der Waals surface area contributed by atoms with Gasteiger partial charge in [0.25, 0.3) is 0 Å². The standard InChI is InChI=1S/C16H19ClN2O2S2/c1-11-4-3-5-14(17)15(11)23(20,21)19-8-6-13(7-9-19)16-18-10-12(2)22-16/h3-5,10,13H,6-9H2,1-2H3. The molecule has 0 aliphatic carbocycles. The van der Waals surface area contributed by atoms with Gasteiger partial charge in [0.1, 0.15) is 4.90 Å². The normalized spacial score (nSPS) is 17.5. The van der Waals surface area contributed by atoms with Crippen LogP contribution in [0.1, 0.15) is 34.2 Å². The zero-order chi connectivity index (χ0) is 16.6. The molecule has 0 radical (unpaired) electrons. The van der Waals surface area contributed by atoms with E-state index in [9.17, 15) is 8.42 Å². The van der Waals surface area contributed by atoms with Crippen LogP contribution in [-0.2, 0) is 10.0 Å². The fourth-order valence-corrected chi connectivity index (χ4v) is 6.17. The Morgan fingerprint density at radius 2 is 1.96 bits per heavy atom. The molecule has 1 saturated heterocycles. The topological polar surface area (TPSA) is 50.3 Å². The number of halogens is 1. The molecule has 1 aromatic heterocycles. The molecule has 0 atom stereocenters. The van der Waals surface area contributed by atoms with Gasteiger partial charge < -0.3 is 0 Å². The predicted octanol–water partition coefficient (Wildman–Crippen LogP) is 3.98. The Balaban J connectivity index is 1.79. The van der Waals surface area contributed by atoms with Crippen LogP contribution in [0.5, 0.6) is 0 Å². The minimum atomic E-state index is -3.54. The van der Waals surface area contributed by atoms with Crippen molar-refractivity contribution in [3.63, 3.8) is 0 Å². The van der Waals surface area contributed by atoms with E-state index in [4.69, 9.17) is 11.6 Å². The van der Waals surface area contributed by atoms with E-state index < -0.39 is 10.0 Å². The summed E-state index contributed by atoms with van der Waals surface area (Å²) in [6, 6.07) is 5.18. The summed E-state index contributed by atoms with van der Waals surface area (Å²) in [4.78, 5) is 5.88. The van der Waals surface area contributed by atoms with Gasteiger partial charge in [-0.25, -0.2) is 13.4 Å². The first-order valence-corrected chi connectivity index (χ1v) is 10.2. The van der Waals surface area contributed by atoms with E-state index >= 15 is 0 Å². The molecule has 0 N–H and O–H groups in total. The average Bonchev–Trinajstić information content (AvgIpc) is 2.93. The molecule has 1 aliphatic rings. The Morgan fingerprint density at radius 1 is 1.26 bits per heavy atom. The maximum absolute atomic E-state index is 12.9. The zero-order valence-corrected chi connectivity index (χ0v) is 15.5. The zero-order valence-electron chi connectivity index (χ0n) is 13.1. The average molecular weight is 371 g/mol. The lowest BCUT2D eigenvalue weighted by Gasteiger charge is -2.31. The van der Waals surface area contributed by atoms with E-state index in [0.29, 0.717) is 29.6 Å². The first-order chi connectivity index (χ1) is 10.9. The minimum absolute atomic E-state index is 0.241. The van der Waals surface area contributed by atoms with Gasteiger partial charge in [0, 0.05) is 30.1 Å². The highest BCUT2D eigenvalue weighted by atomic mass is 35.5. The van der Waals surface area contributed by atoms with E-state index in [1.807, 2.05) is 13.1 Å². The SMILES string of the molecule is Cc1cnc(C2CCN(S(=O)(=O)c3c(C)cccc3Cl)CC2)s1. The Kier molecular flexibility index (Phi) is 4.78. The molecule has 2 aromatic rings. The van der Waals surface area contributed by atoms with E-state index in [1.165, 1.54) is 4.88 Å². The Hall–Kier alpha value is -0.950. The predicted molar refractivity (Wildman–Crippen MR) is 93.8 cm³/mol. The summed E-state index contributed by atoms with van der Waals surface area (Å²) in [6.07, 6.45) is 3.49. The summed E-state index contributed by atoms with van der Waals surface area (Å²) >= 11 is 7.85. The van der Waals surface area contributed by atoms with E-state index in [1.54, 1.807) is 40.8 Å². The van der Waals surface area contributed by atoms with Crippen molar-refractivity contribution in [1.82, 2.24) is 9.29 Å². The summed E-state index contributed by atoms with van der Waals surface area (Å²) in [5.41, 5.74) is 0.690. The molecule has 1 fully saturated rings. The minimum Gasteiger partial charge on any atom is -0.249 e.